The molecule has 0 aromatic heterocycles. The number of benzene rings is 2. The standard InChI is InChI=1S/C28H35N3O4/c1-4-21(3)29-26(33)24-19-35-28(31(24)27(34)23-12-8-9-20(2)17-23)13-15-30(16-14-28)25(32)18-22-10-6-5-7-11-22/h5-12,17,21,24H,4,13-16,18-19H2,1-3H3,(H,29,33). The van der Waals surface area contributed by atoms with Crippen LogP contribution in [0.25, 0.3) is 0 Å². The molecule has 2 fully saturated rings. The lowest BCUT2D eigenvalue weighted by Gasteiger charge is -2.44. The predicted octanol–water partition coefficient (Wildman–Crippen LogP) is 3.31. The van der Waals surface area contributed by atoms with Gasteiger partial charge in [0.05, 0.1) is 13.0 Å². The second-order valence-corrected chi connectivity index (χ2v) is 9.68. The molecule has 4 rings (SSSR count). The first-order valence-corrected chi connectivity index (χ1v) is 12.5. The van der Waals surface area contributed by atoms with Crippen LogP contribution in [0.5, 0.6) is 0 Å². The molecule has 2 heterocycles. The number of nitrogens with zero attached hydrogens (tertiary/aromatic N) is 2. The Labute approximate surface area is 207 Å². The van der Waals surface area contributed by atoms with Gasteiger partial charge in [-0.3, -0.25) is 19.3 Å². The number of nitrogens with one attached hydrogen (secondary N) is 1. The molecule has 186 valence electrons. The summed E-state index contributed by atoms with van der Waals surface area (Å²) < 4.78 is 6.27. The molecule has 35 heavy (non-hydrogen) atoms. The number of amides is 3. The fourth-order valence-corrected chi connectivity index (χ4v) is 4.91. The Morgan fingerprint density at radius 2 is 1.80 bits per heavy atom. The summed E-state index contributed by atoms with van der Waals surface area (Å²) in [5, 5.41) is 3.02. The normalized spacial score (nSPS) is 20.0. The summed E-state index contributed by atoms with van der Waals surface area (Å²) in [7, 11) is 0. The average Bonchev–Trinajstić information content (AvgIpc) is 3.23. The molecule has 0 radical (unpaired) electrons. The van der Waals surface area contributed by atoms with Crippen LogP contribution in [0.3, 0.4) is 0 Å². The minimum Gasteiger partial charge on any atom is -0.353 e. The molecule has 2 aromatic carbocycles. The highest BCUT2D eigenvalue weighted by Crippen LogP contribution is 2.38. The summed E-state index contributed by atoms with van der Waals surface area (Å²) in [5.74, 6) is -0.342. The number of aryl methyl sites for hydroxylation is 1. The molecular formula is C28H35N3O4. The molecule has 1 spiro atoms. The summed E-state index contributed by atoms with van der Waals surface area (Å²) in [5.41, 5.74) is 1.60. The summed E-state index contributed by atoms with van der Waals surface area (Å²) in [6.07, 6.45) is 2.09. The van der Waals surface area contributed by atoms with Gasteiger partial charge in [-0.1, -0.05) is 55.0 Å². The van der Waals surface area contributed by atoms with Crippen molar-refractivity contribution in [1.82, 2.24) is 15.1 Å². The lowest BCUT2D eigenvalue weighted by atomic mass is 9.95. The van der Waals surface area contributed by atoms with Gasteiger partial charge in [-0.15, -0.1) is 0 Å². The SMILES string of the molecule is CCC(C)NC(=O)C1COC2(CCN(C(=O)Cc3ccccc3)CC2)N1C(=O)c1cccc(C)c1. The van der Waals surface area contributed by atoms with Crippen molar-refractivity contribution >= 4 is 17.7 Å². The number of ether oxygens (including phenoxy) is 1. The van der Waals surface area contributed by atoms with E-state index in [-0.39, 0.29) is 30.4 Å². The number of carbonyl (C=O) groups excluding carboxylic acids is 3. The molecule has 2 aliphatic rings. The predicted molar refractivity (Wildman–Crippen MR) is 134 cm³/mol. The van der Waals surface area contributed by atoms with Gasteiger partial charge in [0, 0.05) is 37.5 Å². The van der Waals surface area contributed by atoms with E-state index in [0.29, 0.717) is 37.9 Å². The lowest BCUT2D eigenvalue weighted by Crippen LogP contribution is -2.60. The van der Waals surface area contributed by atoms with Crippen LogP contribution in [-0.2, 0) is 20.7 Å². The maximum Gasteiger partial charge on any atom is 0.256 e. The van der Waals surface area contributed by atoms with Gasteiger partial charge in [0.2, 0.25) is 11.8 Å². The zero-order chi connectivity index (χ0) is 25.0. The van der Waals surface area contributed by atoms with Crippen molar-refractivity contribution in [3.8, 4) is 0 Å². The third-order valence-electron chi connectivity index (χ3n) is 7.14. The topological polar surface area (TPSA) is 79.0 Å². The fraction of sp³-hybridized carbons (Fsp3) is 0.464. The number of piperidine rings is 1. The van der Waals surface area contributed by atoms with E-state index in [4.69, 9.17) is 4.74 Å². The van der Waals surface area contributed by atoms with Crippen LogP contribution in [-0.4, -0.2) is 65.0 Å². The van der Waals surface area contributed by atoms with Gasteiger partial charge < -0.3 is 15.0 Å². The van der Waals surface area contributed by atoms with Crippen LogP contribution in [0.1, 0.15) is 54.6 Å². The van der Waals surface area contributed by atoms with Gasteiger partial charge >= 0.3 is 0 Å². The Hall–Kier alpha value is -3.19. The fourth-order valence-electron chi connectivity index (χ4n) is 4.91. The van der Waals surface area contributed by atoms with E-state index >= 15 is 0 Å². The van der Waals surface area contributed by atoms with Crippen molar-refractivity contribution in [3.05, 3.63) is 71.3 Å². The van der Waals surface area contributed by atoms with E-state index < -0.39 is 11.8 Å². The molecule has 0 saturated carbocycles. The molecule has 2 unspecified atom stereocenters. The van der Waals surface area contributed by atoms with Gasteiger partial charge in [0.15, 0.2) is 0 Å². The molecule has 0 aliphatic carbocycles. The smallest absolute Gasteiger partial charge is 0.256 e. The molecule has 2 atom stereocenters. The Balaban J connectivity index is 1.54. The van der Waals surface area contributed by atoms with Crippen molar-refractivity contribution in [3.63, 3.8) is 0 Å². The number of rotatable bonds is 6. The zero-order valence-electron chi connectivity index (χ0n) is 20.8. The van der Waals surface area contributed by atoms with Crippen LogP contribution >= 0.6 is 0 Å². The zero-order valence-corrected chi connectivity index (χ0v) is 20.8. The molecule has 2 saturated heterocycles. The molecule has 7 nitrogen and oxygen atoms in total. The molecule has 1 N–H and O–H groups in total. The quantitative estimate of drug-likeness (QED) is 0.692. The molecular weight excluding hydrogens is 442 g/mol. The van der Waals surface area contributed by atoms with Crippen molar-refractivity contribution < 1.29 is 19.1 Å². The van der Waals surface area contributed by atoms with Crippen LogP contribution in [0, 0.1) is 6.92 Å². The van der Waals surface area contributed by atoms with Crippen LogP contribution < -0.4 is 5.32 Å². The highest BCUT2D eigenvalue weighted by atomic mass is 16.5. The van der Waals surface area contributed by atoms with Crippen molar-refractivity contribution in [2.45, 2.75) is 64.3 Å². The van der Waals surface area contributed by atoms with Crippen molar-refractivity contribution in [2.75, 3.05) is 19.7 Å². The largest absolute Gasteiger partial charge is 0.353 e. The van der Waals surface area contributed by atoms with E-state index in [0.717, 1.165) is 17.5 Å². The molecule has 2 aliphatic heterocycles. The van der Waals surface area contributed by atoms with Crippen molar-refractivity contribution in [1.29, 1.82) is 0 Å². The van der Waals surface area contributed by atoms with Crippen LogP contribution in [0.4, 0.5) is 0 Å². The monoisotopic (exact) mass is 477 g/mol. The molecule has 3 amide bonds. The molecule has 0 bridgehead atoms. The van der Waals surface area contributed by atoms with E-state index in [1.54, 1.807) is 11.0 Å². The second-order valence-electron chi connectivity index (χ2n) is 9.68. The first kappa shape index (κ1) is 24.9. The Bertz CT molecular complexity index is 1060. The summed E-state index contributed by atoms with van der Waals surface area (Å²) in [4.78, 5) is 43.4. The Kier molecular flexibility index (Phi) is 7.55. The number of hydrogen-bond acceptors (Lipinski definition) is 4. The van der Waals surface area contributed by atoms with E-state index in [9.17, 15) is 14.4 Å². The van der Waals surface area contributed by atoms with Gasteiger partial charge in [0.25, 0.3) is 5.91 Å². The van der Waals surface area contributed by atoms with Gasteiger partial charge in [-0.2, -0.15) is 0 Å². The average molecular weight is 478 g/mol. The molecule has 2 aromatic rings. The van der Waals surface area contributed by atoms with E-state index in [1.165, 1.54) is 0 Å². The van der Waals surface area contributed by atoms with E-state index in [1.807, 2.05) is 74.2 Å². The second kappa shape index (κ2) is 10.6. The first-order chi connectivity index (χ1) is 16.8. The summed E-state index contributed by atoms with van der Waals surface area (Å²) in [6, 6.07) is 16.4. The lowest BCUT2D eigenvalue weighted by molar-refractivity contribution is -0.143. The van der Waals surface area contributed by atoms with Gasteiger partial charge in [-0.25, -0.2) is 0 Å². The molecule has 7 heteroatoms. The van der Waals surface area contributed by atoms with Gasteiger partial charge in [-0.05, 0) is 38.0 Å². The summed E-state index contributed by atoms with van der Waals surface area (Å²) >= 11 is 0. The maximum atomic E-state index is 13.8. The third-order valence-corrected chi connectivity index (χ3v) is 7.14. The Morgan fingerprint density at radius 1 is 1.09 bits per heavy atom. The maximum absolute atomic E-state index is 13.8. The Morgan fingerprint density at radius 3 is 2.46 bits per heavy atom. The minimum absolute atomic E-state index is 0.00688. The third kappa shape index (κ3) is 5.40. The summed E-state index contributed by atoms with van der Waals surface area (Å²) in [6.45, 7) is 7.00. The van der Waals surface area contributed by atoms with Crippen LogP contribution in [0.2, 0.25) is 0 Å². The minimum atomic E-state index is -0.901. The number of hydrogen-bond donors (Lipinski definition) is 1. The highest BCUT2D eigenvalue weighted by Gasteiger charge is 2.54. The number of carbonyl (C=O) groups is 3. The highest BCUT2D eigenvalue weighted by molar-refractivity contribution is 5.98. The van der Waals surface area contributed by atoms with Crippen molar-refractivity contribution in [2.24, 2.45) is 0 Å². The first-order valence-electron chi connectivity index (χ1n) is 12.5. The van der Waals surface area contributed by atoms with Gasteiger partial charge in [0.1, 0.15) is 11.8 Å². The van der Waals surface area contributed by atoms with E-state index in [2.05, 4.69) is 5.32 Å². The number of likely N-dealkylation sites (tertiary alicyclic amines) is 1. The van der Waals surface area contributed by atoms with Crippen LogP contribution in [0.15, 0.2) is 54.6 Å².